The van der Waals surface area contributed by atoms with E-state index in [4.69, 9.17) is 5.26 Å². The fourth-order valence-corrected chi connectivity index (χ4v) is 3.01. The molecule has 118 valence electrons. The van der Waals surface area contributed by atoms with Gasteiger partial charge in [0.1, 0.15) is 17.4 Å². The number of pyridine rings is 1. The molecule has 0 saturated carbocycles. The van der Waals surface area contributed by atoms with Crippen molar-refractivity contribution in [2.45, 2.75) is 19.4 Å². The van der Waals surface area contributed by atoms with Crippen LogP contribution in [0.4, 0.5) is 4.39 Å². The van der Waals surface area contributed by atoms with Crippen molar-refractivity contribution in [3.63, 3.8) is 0 Å². The van der Waals surface area contributed by atoms with E-state index < -0.39 is 0 Å². The molecule has 1 aromatic heterocycles. The Bertz CT molecular complexity index is 783. The summed E-state index contributed by atoms with van der Waals surface area (Å²) in [5, 5.41) is 9.10. The predicted octanol–water partition coefficient (Wildman–Crippen LogP) is 2.62. The third-order valence-corrected chi connectivity index (χ3v) is 4.27. The zero-order valence-electron chi connectivity index (χ0n) is 12.8. The second-order valence-electron chi connectivity index (χ2n) is 5.76. The van der Waals surface area contributed by atoms with Crippen LogP contribution >= 0.6 is 0 Å². The fraction of sp³-hybridized carbons (Fsp3) is 0.333. The number of hydrogen-bond acceptors (Lipinski definition) is 3. The van der Waals surface area contributed by atoms with Crippen molar-refractivity contribution in [1.82, 2.24) is 9.47 Å². The van der Waals surface area contributed by atoms with Gasteiger partial charge in [0, 0.05) is 13.1 Å². The highest BCUT2D eigenvalue weighted by atomic mass is 19.1. The molecule has 1 aromatic carbocycles. The van der Waals surface area contributed by atoms with Crippen molar-refractivity contribution < 1.29 is 4.39 Å². The third-order valence-electron chi connectivity index (χ3n) is 4.27. The minimum atomic E-state index is -0.312. The normalized spacial score (nSPS) is 14.8. The molecule has 0 aliphatic carbocycles. The molecule has 0 amide bonds. The van der Waals surface area contributed by atoms with Gasteiger partial charge in [-0.05, 0) is 67.9 Å². The third kappa shape index (κ3) is 3.33. The van der Waals surface area contributed by atoms with Crippen LogP contribution < -0.4 is 5.56 Å². The highest BCUT2D eigenvalue weighted by molar-refractivity contribution is 5.60. The van der Waals surface area contributed by atoms with Crippen molar-refractivity contribution >= 4 is 0 Å². The van der Waals surface area contributed by atoms with Gasteiger partial charge in [0.05, 0.1) is 5.69 Å². The molecule has 3 rings (SSSR count). The summed E-state index contributed by atoms with van der Waals surface area (Å²) in [5.41, 5.74) is 1.34. The number of aromatic nitrogens is 1. The summed E-state index contributed by atoms with van der Waals surface area (Å²) in [4.78, 5) is 14.8. The maximum Gasteiger partial charge on any atom is 0.268 e. The molecule has 0 N–H and O–H groups in total. The molecule has 2 aromatic rings. The monoisotopic (exact) mass is 311 g/mol. The minimum Gasteiger partial charge on any atom is -0.306 e. The van der Waals surface area contributed by atoms with Gasteiger partial charge in [-0.15, -0.1) is 0 Å². The Morgan fingerprint density at radius 1 is 1.04 bits per heavy atom. The summed E-state index contributed by atoms with van der Waals surface area (Å²) in [6.45, 7) is 3.42. The van der Waals surface area contributed by atoms with Crippen LogP contribution in [0.25, 0.3) is 11.3 Å². The first-order valence-electron chi connectivity index (χ1n) is 7.81. The summed E-state index contributed by atoms with van der Waals surface area (Å²) < 4.78 is 14.8. The van der Waals surface area contributed by atoms with Crippen LogP contribution in [-0.4, -0.2) is 29.1 Å². The van der Waals surface area contributed by atoms with E-state index in [9.17, 15) is 9.18 Å². The number of halogens is 1. The van der Waals surface area contributed by atoms with Gasteiger partial charge in [-0.1, -0.05) is 0 Å². The van der Waals surface area contributed by atoms with Crippen molar-refractivity contribution in [2.24, 2.45) is 0 Å². The number of likely N-dealkylation sites (tertiary alicyclic amines) is 1. The van der Waals surface area contributed by atoms with Gasteiger partial charge in [-0.2, -0.15) is 5.26 Å². The average molecular weight is 311 g/mol. The van der Waals surface area contributed by atoms with Gasteiger partial charge in [0.25, 0.3) is 5.56 Å². The van der Waals surface area contributed by atoms with Crippen LogP contribution in [-0.2, 0) is 6.54 Å². The standard InChI is InChI=1S/C18H18FN3O/c19-16-6-3-14(4-7-16)17-8-5-15(13-20)18(23)22(17)12-11-21-9-1-2-10-21/h3-8H,1-2,9-12H2. The maximum absolute atomic E-state index is 13.1. The summed E-state index contributed by atoms with van der Waals surface area (Å²) in [6.07, 6.45) is 2.38. The second-order valence-corrected chi connectivity index (χ2v) is 5.76. The van der Waals surface area contributed by atoms with Crippen LogP contribution in [0.5, 0.6) is 0 Å². The maximum atomic E-state index is 13.1. The molecule has 4 nitrogen and oxygen atoms in total. The molecule has 0 spiro atoms. The summed E-state index contributed by atoms with van der Waals surface area (Å²) >= 11 is 0. The Hall–Kier alpha value is -2.45. The summed E-state index contributed by atoms with van der Waals surface area (Å²) in [6, 6.07) is 11.3. The molecule has 5 heteroatoms. The quantitative estimate of drug-likeness (QED) is 0.872. The lowest BCUT2D eigenvalue weighted by Crippen LogP contribution is -2.31. The molecule has 1 aliphatic rings. The zero-order valence-corrected chi connectivity index (χ0v) is 12.8. The molecule has 0 bridgehead atoms. The zero-order chi connectivity index (χ0) is 16.2. The summed E-state index contributed by atoms with van der Waals surface area (Å²) in [7, 11) is 0. The highest BCUT2D eigenvalue weighted by Gasteiger charge is 2.14. The lowest BCUT2D eigenvalue weighted by Gasteiger charge is -2.18. The Morgan fingerprint density at radius 3 is 2.39 bits per heavy atom. The van der Waals surface area contributed by atoms with E-state index in [1.54, 1.807) is 22.8 Å². The van der Waals surface area contributed by atoms with Crippen molar-refractivity contribution in [3.05, 3.63) is 58.1 Å². The minimum absolute atomic E-state index is 0.136. The molecular formula is C18H18FN3O. The molecule has 0 atom stereocenters. The first kappa shape index (κ1) is 15.4. The molecule has 23 heavy (non-hydrogen) atoms. The van der Waals surface area contributed by atoms with Gasteiger partial charge in [0.2, 0.25) is 0 Å². The van der Waals surface area contributed by atoms with E-state index in [1.165, 1.54) is 31.0 Å². The number of nitriles is 1. The van der Waals surface area contributed by atoms with Gasteiger partial charge in [-0.3, -0.25) is 4.79 Å². The van der Waals surface area contributed by atoms with Gasteiger partial charge in [-0.25, -0.2) is 4.39 Å². The van der Waals surface area contributed by atoms with Gasteiger partial charge >= 0.3 is 0 Å². The Kier molecular flexibility index (Phi) is 4.54. The van der Waals surface area contributed by atoms with Crippen molar-refractivity contribution in [3.8, 4) is 17.3 Å². The molecule has 1 fully saturated rings. The highest BCUT2D eigenvalue weighted by Crippen LogP contribution is 2.19. The Balaban J connectivity index is 1.97. The SMILES string of the molecule is N#Cc1ccc(-c2ccc(F)cc2)n(CCN2CCCC2)c1=O. The van der Waals surface area contributed by atoms with Crippen LogP contribution in [0.2, 0.25) is 0 Å². The van der Waals surface area contributed by atoms with Crippen molar-refractivity contribution in [1.29, 1.82) is 5.26 Å². The van der Waals surface area contributed by atoms with E-state index in [-0.39, 0.29) is 16.9 Å². The first-order chi connectivity index (χ1) is 11.2. The van der Waals surface area contributed by atoms with E-state index >= 15 is 0 Å². The average Bonchev–Trinajstić information content (AvgIpc) is 3.08. The smallest absolute Gasteiger partial charge is 0.268 e. The molecule has 0 radical (unpaired) electrons. The molecule has 1 aliphatic heterocycles. The molecular weight excluding hydrogens is 293 g/mol. The van der Waals surface area contributed by atoms with Crippen molar-refractivity contribution in [2.75, 3.05) is 19.6 Å². The van der Waals surface area contributed by atoms with E-state index in [0.29, 0.717) is 12.2 Å². The fourth-order valence-electron chi connectivity index (χ4n) is 3.01. The van der Waals surface area contributed by atoms with Gasteiger partial charge < -0.3 is 9.47 Å². The lowest BCUT2D eigenvalue weighted by molar-refractivity contribution is 0.321. The van der Waals surface area contributed by atoms with Gasteiger partial charge in [0.15, 0.2) is 0 Å². The number of nitrogens with zero attached hydrogens (tertiary/aromatic N) is 3. The first-order valence-corrected chi connectivity index (χ1v) is 7.81. The lowest BCUT2D eigenvalue weighted by atomic mass is 10.1. The van der Waals surface area contributed by atoms with Crippen LogP contribution in [0.15, 0.2) is 41.2 Å². The Labute approximate surface area is 134 Å². The van der Waals surface area contributed by atoms with E-state index in [1.807, 2.05) is 6.07 Å². The van der Waals surface area contributed by atoms with Crippen LogP contribution in [0, 0.1) is 17.1 Å². The topological polar surface area (TPSA) is 49.0 Å². The molecule has 0 unspecified atom stereocenters. The number of rotatable bonds is 4. The van der Waals surface area contributed by atoms with E-state index in [2.05, 4.69) is 4.90 Å². The van der Waals surface area contributed by atoms with E-state index in [0.717, 1.165) is 25.2 Å². The predicted molar refractivity (Wildman–Crippen MR) is 86.5 cm³/mol. The number of benzene rings is 1. The molecule has 2 heterocycles. The number of hydrogen-bond donors (Lipinski definition) is 0. The van der Waals surface area contributed by atoms with Crippen LogP contribution in [0.1, 0.15) is 18.4 Å². The second kappa shape index (κ2) is 6.76. The molecule has 1 saturated heterocycles. The Morgan fingerprint density at radius 2 is 1.74 bits per heavy atom. The summed E-state index contributed by atoms with van der Waals surface area (Å²) in [5.74, 6) is -0.312. The largest absolute Gasteiger partial charge is 0.306 e. The van der Waals surface area contributed by atoms with Crippen LogP contribution in [0.3, 0.4) is 0 Å².